The Labute approximate surface area is 85.9 Å². The molecule has 1 aromatic rings. The minimum atomic E-state index is 0.136. The molecule has 0 bridgehead atoms. The van der Waals surface area contributed by atoms with Crippen LogP contribution >= 0.6 is 15.9 Å². The van der Waals surface area contributed by atoms with Crippen LogP contribution in [-0.2, 0) is 0 Å². The fourth-order valence-electron chi connectivity index (χ4n) is 1.46. The average Bonchev–Trinajstić information content (AvgIpc) is 2.91. The second kappa shape index (κ2) is 3.31. The van der Waals surface area contributed by atoms with Crippen molar-refractivity contribution in [1.29, 1.82) is 0 Å². The second-order valence-corrected chi connectivity index (χ2v) is 4.43. The molecule has 0 aromatic heterocycles. The van der Waals surface area contributed by atoms with Crippen LogP contribution in [-0.4, -0.2) is 5.11 Å². The number of hydrogen-bond donors (Lipinski definition) is 2. The van der Waals surface area contributed by atoms with Gasteiger partial charge >= 0.3 is 0 Å². The zero-order valence-corrected chi connectivity index (χ0v) is 8.79. The zero-order valence-electron chi connectivity index (χ0n) is 7.20. The van der Waals surface area contributed by atoms with E-state index in [1.165, 1.54) is 12.8 Å². The van der Waals surface area contributed by atoms with Gasteiger partial charge in [0.25, 0.3) is 0 Å². The first kappa shape index (κ1) is 9.03. The van der Waals surface area contributed by atoms with Crippen LogP contribution in [0.15, 0.2) is 22.7 Å². The molecule has 0 spiro atoms. The molecule has 0 saturated heterocycles. The molecular formula is C10H12BrNO. The molecule has 3 N–H and O–H groups in total. The van der Waals surface area contributed by atoms with Crippen molar-refractivity contribution in [3.05, 3.63) is 28.2 Å². The summed E-state index contributed by atoms with van der Waals surface area (Å²) in [6, 6.07) is 5.61. The number of rotatable bonds is 2. The summed E-state index contributed by atoms with van der Waals surface area (Å²) in [6.07, 6.45) is 2.47. The minimum absolute atomic E-state index is 0.136. The lowest BCUT2D eigenvalue weighted by Gasteiger charge is -2.11. The van der Waals surface area contributed by atoms with Crippen molar-refractivity contribution in [1.82, 2.24) is 0 Å². The van der Waals surface area contributed by atoms with E-state index in [4.69, 9.17) is 5.73 Å². The number of hydrogen-bond acceptors (Lipinski definition) is 2. The lowest BCUT2D eigenvalue weighted by Crippen LogP contribution is -2.11. The molecule has 0 unspecified atom stereocenters. The summed E-state index contributed by atoms with van der Waals surface area (Å²) in [7, 11) is 0. The van der Waals surface area contributed by atoms with E-state index in [0.717, 1.165) is 10.0 Å². The van der Waals surface area contributed by atoms with Gasteiger partial charge in [-0.1, -0.05) is 6.07 Å². The van der Waals surface area contributed by atoms with Crippen molar-refractivity contribution in [2.75, 3.05) is 0 Å². The van der Waals surface area contributed by atoms with Gasteiger partial charge in [-0.15, -0.1) is 0 Å². The highest BCUT2D eigenvalue weighted by Gasteiger charge is 2.29. The van der Waals surface area contributed by atoms with Gasteiger partial charge < -0.3 is 10.8 Å². The fraction of sp³-hybridized carbons (Fsp3) is 0.400. The first-order valence-corrected chi connectivity index (χ1v) is 5.22. The van der Waals surface area contributed by atoms with Gasteiger partial charge in [-0.3, -0.25) is 0 Å². The molecule has 0 amide bonds. The van der Waals surface area contributed by atoms with Gasteiger partial charge in [0.1, 0.15) is 5.75 Å². The van der Waals surface area contributed by atoms with Gasteiger partial charge in [0.15, 0.2) is 0 Å². The zero-order chi connectivity index (χ0) is 9.42. The first-order valence-electron chi connectivity index (χ1n) is 4.42. The van der Waals surface area contributed by atoms with Crippen molar-refractivity contribution in [3.63, 3.8) is 0 Å². The van der Waals surface area contributed by atoms with Gasteiger partial charge in [-0.2, -0.15) is 0 Å². The Hall–Kier alpha value is -0.540. The van der Waals surface area contributed by atoms with Crippen molar-refractivity contribution in [3.8, 4) is 5.75 Å². The molecule has 13 heavy (non-hydrogen) atoms. The molecule has 0 aliphatic heterocycles. The monoisotopic (exact) mass is 241 g/mol. The number of halogens is 1. The van der Waals surface area contributed by atoms with E-state index in [-0.39, 0.29) is 11.8 Å². The summed E-state index contributed by atoms with van der Waals surface area (Å²) in [5.74, 6) is 0.920. The highest BCUT2D eigenvalue weighted by Crippen LogP contribution is 2.40. The standard InChI is InChI=1S/C10H12BrNO/c11-8-5-7(3-4-9(8)13)10(12)6-1-2-6/h3-6,10,13H,1-2,12H2/t10-/m1/s1. The van der Waals surface area contributed by atoms with Crippen LogP contribution in [0.25, 0.3) is 0 Å². The van der Waals surface area contributed by atoms with Gasteiger partial charge in [0.2, 0.25) is 0 Å². The van der Waals surface area contributed by atoms with E-state index < -0.39 is 0 Å². The summed E-state index contributed by atoms with van der Waals surface area (Å²) in [5, 5.41) is 9.29. The third-order valence-electron chi connectivity index (χ3n) is 2.49. The molecular weight excluding hydrogens is 230 g/mol. The Morgan fingerprint density at radius 3 is 2.69 bits per heavy atom. The molecule has 1 atom stereocenters. The largest absolute Gasteiger partial charge is 0.507 e. The first-order chi connectivity index (χ1) is 6.18. The fourth-order valence-corrected chi connectivity index (χ4v) is 1.85. The Kier molecular flexibility index (Phi) is 2.30. The summed E-state index contributed by atoms with van der Waals surface area (Å²) in [6.45, 7) is 0. The number of aromatic hydroxyl groups is 1. The van der Waals surface area contributed by atoms with Gasteiger partial charge in [-0.05, 0) is 52.4 Å². The highest BCUT2D eigenvalue weighted by molar-refractivity contribution is 9.10. The third kappa shape index (κ3) is 1.86. The molecule has 2 nitrogen and oxygen atoms in total. The highest BCUT2D eigenvalue weighted by atomic mass is 79.9. The normalized spacial score (nSPS) is 18.6. The van der Waals surface area contributed by atoms with E-state index in [1.54, 1.807) is 6.07 Å². The predicted molar refractivity (Wildman–Crippen MR) is 55.5 cm³/mol. The smallest absolute Gasteiger partial charge is 0.129 e. The summed E-state index contributed by atoms with van der Waals surface area (Å²) in [5.41, 5.74) is 7.12. The van der Waals surface area contributed by atoms with Gasteiger partial charge in [0.05, 0.1) is 4.47 Å². The predicted octanol–water partition coefficient (Wildman–Crippen LogP) is 2.56. The minimum Gasteiger partial charge on any atom is -0.507 e. The molecule has 1 aromatic carbocycles. The lowest BCUT2D eigenvalue weighted by molar-refractivity contribution is 0.471. The molecule has 70 valence electrons. The number of phenols is 1. The molecule has 1 saturated carbocycles. The molecule has 2 rings (SSSR count). The molecule has 0 heterocycles. The van der Waals surface area contributed by atoms with Crippen LogP contribution < -0.4 is 5.73 Å². The summed E-state index contributed by atoms with van der Waals surface area (Å²) < 4.78 is 0.723. The quantitative estimate of drug-likeness (QED) is 0.837. The van der Waals surface area contributed by atoms with E-state index >= 15 is 0 Å². The van der Waals surface area contributed by atoms with Crippen LogP contribution in [0.2, 0.25) is 0 Å². The Bertz CT molecular complexity index is 323. The Balaban J connectivity index is 2.24. The summed E-state index contributed by atoms with van der Waals surface area (Å²) in [4.78, 5) is 0. The Morgan fingerprint density at radius 1 is 1.46 bits per heavy atom. The van der Waals surface area contributed by atoms with E-state index in [1.807, 2.05) is 12.1 Å². The van der Waals surface area contributed by atoms with Crippen LogP contribution in [0.3, 0.4) is 0 Å². The second-order valence-electron chi connectivity index (χ2n) is 3.57. The van der Waals surface area contributed by atoms with Crippen molar-refractivity contribution in [2.45, 2.75) is 18.9 Å². The number of benzene rings is 1. The number of phenolic OH excluding ortho intramolecular Hbond substituents is 1. The maximum atomic E-state index is 9.29. The van der Waals surface area contributed by atoms with Crippen molar-refractivity contribution in [2.24, 2.45) is 11.7 Å². The van der Waals surface area contributed by atoms with E-state index in [9.17, 15) is 5.11 Å². The molecule has 1 fully saturated rings. The van der Waals surface area contributed by atoms with Crippen LogP contribution in [0, 0.1) is 5.92 Å². The van der Waals surface area contributed by atoms with Crippen molar-refractivity contribution >= 4 is 15.9 Å². The molecule has 3 heteroatoms. The topological polar surface area (TPSA) is 46.2 Å². The van der Waals surface area contributed by atoms with Crippen LogP contribution in [0.1, 0.15) is 24.4 Å². The molecule has 1 aliphatic carbocycles. The maximum Gasteiger partial charge on any atom is 0.129 e. The summed E-state index contributed by atoms with van der Waals surface area (Å²) >= 11 is 3.28. The van der Waals surface area contributed by atoms with Crippen LogP contribution in [0.4, 0.5) is 0 Å². The third-order valence-corrected chi connectivity index (χ3v) is 3.12. The molecule has 1 aliphatic rings. The van der Waals surface area contributed by atoms with Gasteiger partial charge in [0, 0.05) is 6.04 Å². The van der Waals surface area contributed by atoms with Crippen LogP contribution in [0.5, 0.6) is 5.75 Å². The Morgan fingerprint density at radius 2 is 2.15 bits per heavy atom. The van der Waals surface area contributed by atoms with Gasteiger partial charge in [-0.25, -0.2) is 0 Å². The SMILES string of the molecule is N[C@@H](c1ccc(O)c(Br)c1)C1CC1. The van der Waals surface area contributed by atoms with Crippen molar-refractivity contribution < 1.29 is 5.11 Å². The van der Waals surface area contributed by atoms with E-state index in [2.05, 4.69) is 15.9 Å². The van der Waals surface area contributed by atoms with E-state index in [0.29, 0.717) is 5.92 Å². The lowest BCUT2D eigenvalue weighted by atomic mass is 10.0. The number of nitrogens with two attached hydrogens (primary N) is 1. The average molecular weight is 242 g/mol. The molecule has 0 radical (unpaired) electrons. The maximum absolute atomic E-state index is 9.29.